The minimum absolute atomic E-state index is 0.589. The second-order valence-electron chi connectivity index (χ2n) is 7.45. The number of nitrogens with one attached hydrogen (secondary N) is 1. The van der Waals surface area contributed by atoms with Gasteiger partial charge in [-0.3, -0.25) is 0 Å². The lowest BCUT2D eigenvalue weighted by Gasteiger charge is -2.14. The first-order chi connectivity index (χ1) is 17.8. The Morgan fingerprint density at radius 2 is 1.62 bits per heavy atom. The van der Waals surface area contributed by atoms with E-state index in [1.807, 2.05) is 62.5 Å². The second kappa shape index (κ2) is 15.0. The molecule has 0 fully saturated rings. The van der Waals surface area contributed by atoms with Crippen molar-refractivity contribution in [3.8, 4) is 28.5 Å². The fraction of sp³-hybridized carbons (Fsp3) is 0.346. The molecule has 3 N–H and O–H groups in total. The number of ether oxygens (including phenoxy) is 4. The van der Waals surface area contributed by atoms with Crippen molar-refractivity contribution in [3.05, 3.63) is 54.2 Å². The number of hydrogen-bond acceptors (Lipinski definition) is 8. The van der Waals surface area contributed by atoms with Gasteiger partial charge >= 0.3 is 11.9 Å². The Morgan fingerprint density at radius 1 is 0.946 bits per heavy atom. The van der Waals surface area contributed by atoms with Crippen LogP contribution >= 0.6 is 0 Å². The van der Waals surface area contributed by atoms with Gasteiger partial charge in [-0.05, 0) is 55.8 Å². The van der Waals surface area contributed by atoms with Gasteiger partial charge in [-0.15, -0.1) is 0 Å². The molecule has 0 saturated carbocycles. The highest BCUT2D eigenvalue weighted by Gasteiger charge is 2.13. The van der Waals surface area contributed by atoms with Gasteiger partial charge in [0.2, 0.25) is 5.95 Å². The number of methoxy groups -OCH3 is 2. The standard InChI is InChI=1S/C24H31N3O4.C2H2O4/c1-5-30-20-10-8-19(9-11-20)21-17-26-24(27(21)13-14-28-3)25-16-18-7-12-22(31-6-2)23(15-18)29-4;3-1(4)2(5)6/h7-12,15,17H,5-6,13-14,16H2,1-4H3,(H,25,26);(H,3,4)(H,5,6). The van der Waals surface area contributed by atoms with E-state index >= 15 is 0 Å². The van der Waals surface area contributed by atoms with Crippen LogP contribution in [0.1, 0.15) is 19.4 Å². The molecule has 2 aromatic carbocycles. The summed E-state index contributed by atoms with van der Waals surface area (Å²) in [5.74, 6) is -0.539. The molecule has 11 nitrogen and oxygen atoms in total. The Labute approximate surface area is 215 Å². The van der Waals surface area contributed by atoms with Crippen molar-refractivity contribution in [2.24, 2.45) is 0 Å². The van der Waals surface area contributed by atoms with Crippen LogP contribution in [0.3, 0.4) is 0 Å². The van der Waals surface area contributed by atoms with E-state index in [9.17, 15) is 0 Å². The third-order valence-electron chi connectivity index (χ3n) is 5.00. The first-order valence-corrected chi connectivity index (χ1v) is 11.6. The van der Waals surface area contributed by atoms with E-state index in [1.54, 1.807) is 14.2 Å². The van der Waals surface area contributed by atoms with Crippen LogP contribution in [0.25, 0.3) is 11.3 Å². The van der Waals surface area contributed by atoms with Crippen molar-refractivity contribution in [2.45, 2.75) is 26.9 Å². The molecular formula is C26H33N3O8. The minimum Gasteiger partial charge on any atom is -0.494 e. The highest BCUT2D eigenvalue weighted by Crippen LogP contribution is 2.29. The topological polar surface area (TPSA) is 141 Å². The van der Waals surface area contributed by atoms with E-state index in [0.717, 1.165) is 40.0 Å². The van der Waals surface area contributed by atoms with Gasteiger partial charge in [0.1, 0.15) is 5.75 Å². The van der Waals surface area contributed by atoms with E-state index in [-0.39, 0.29) is 0 Å². The van der Waals surface area contributed by atoms with Crippen LogP contribution in [0.2, 0.25) is 0 Å². The molecule has 1 heterocycles. The Bertz CT molecular complexity index is 1130. The highest BCUT2D eigenvalue weighted by molar-refractivity contribution is 6.27. The van der Waals surface area contributed by atoms with Gasteiger partial charge in [0, 0.05) is 25.8 Å². The number of anilines is 1. The molecule has 0 unspecified atom stereocenters. The third kappa shape index (κ3) is 8.73. The molecular weight excluding hydrogens is 482 g/mol. The van der Waals surface area contributed by atoms with Gasteiger partial charge in [0.15, 0.2) is 11.5 Å². The maximum Gasteiger partial charge on any atom is 0.414 e. The number of aromatic nitrogens is 2. The molecule has 0 spiro atoms. The number of nitrogens with zero attached hydrogens (tertiary/aromatic N) is 2. The molecule has 11 heteroatoms. The van der Waals surface area contributed by atoms with Crippen molar-refractivity contribution < 1.29 is 38.7 Å². The van der Waals surface area contributed by atoms with E-state index < -0.39 is 11.9 Å². The summed E-state index contributed by atoms with van der Waals surface area (Å²) in [7, 11) is 3.35. The average molecular weight is 516 g/mol. The summed E-state index contributed by atoms with van der Waals surface area (Å²) in [4.78, 5) is 22.8. The lowest BCUT2D eigenvalue weighted by atomic mass is 10.1. The summed E-state index contributed by atoms with van der Waals surface area (Å²) in [5, 5.41) is 18.2. The summed E-state index contributed by atoms with van der Waals surface area (Å²) < 4.78 is 24.1. The van der Waals surface area contributed by atoms with E-state index in [1.165, 1.54) is 0 Å². The second-order valence-corrected chi connectivity index (χ2v) is 7.45. The largest absolute Gasteiger partial charge is 0.494 e. The van der Waals surface area contributed by atoms with Crippen LogP contribution in [0.15, 0.2) is 48.7 Å². The Hall–Kier alpha value is -4.25. The van der Waals surface area contributed by atoms with Gasteiger partial charge < -0.3 is 39.0 Å². The van der Waals surface area contributed by atoms with Gasteiger partial charge in [0.05, 0.1) is 38.8 Å². The van der Waals surface area contributed by atoms with E-state index in [0.29, 0.717) is 32.9 Å². The number of carboxylic acids is 2. The van der Waals surface area contributed by atoms with Crippen LogP contribution in [0, 0.1) is 0 Å². The summed E-state index contributed by atoms with van der Waals surface area (Å²) in [6.45, 7) is 7.06. The SMILES string of the molecule is CCOc1ccc(-c2cnc(NCc3ccc(OCC)c(OC)c3)n2CCOC)cc1.O=C(O)C(=O)O. The van der Waals surface area contributed by atoms with E-state index in [4.69, 9.17) is 38.7 Å². The number of carboxylic acid groups (broad SMARTS) is 2. The molecule has 0 atom stereocenters. The number of benzene rings is 2. The third-order valence-corrected chi connectivity index (χ3v) is 5.00. The molecule has 0 amide bonds. The van der Waals surface area contributed by atoms with Gasteiger partial charge in [-0.1, -0.05) is 6.07 Å². The van der Waals surface area contributed by atoms with Crippen molar-refractivity contribution in [3.63, 3.8) is 0 Å². The zero-order valence-electron chi connectivity index (χ0n) is 21.4. The van der Waals surface area contributed by atoms with Crippen LogP contribution in [-0.2, 0) is 27.4 Å². The molecule has 37 heavy (non-hydrogen) atoms. The molecule has 0 aliphatic rings. The summed E-state index contributed by atoms with van der Waals surface area (Å²) in [6, 6.07) is 14.0. The molecule has 1 aromatic heterocycles. The van der Waals surface area contributed by atoms with Gasteiger partial charge in [-0.25, -0.2) is 14.6 Å². The Balaban J connectivity index is 0.000000717. The quantitative estimate of drug-likeness (QED) is 0.305. The number of rotatable bonds is 12. The average Bonchev–Trinajstić information content (AvgIpc) is 3.30. The number of carbonyl (C=O) groups is 2. The Kier molecular flexibility index (Phi) is 11.7. The van der Waals surface area contributed by atoms with Gasteiger partial charge in [-0.2, -0.15) is 0 Å². The van der Waals surface area contributed by atoms with Crippen molar-refractivity contribution in [1.82, 2.24) is 9.55 Å². The molecule has 200 valence electrons. The van der Waals surface area contributed by atoms with Crippen LogP contribution in [0.5, 0.6) is 17.2 Å². The molecule has 3 aromatic rings. The molecule has 0 saturated heterocycles. The highest BCUT2D eigenvalue weighted by atomic mass is 16.5. The van der Waals surface area contributed by atoms with Crippen LogP contribution < -0.4 is 19.5 Å². The fourth-order valence-electron chi connectivity index (χ4n) is 3.32. The molecule has 0 bridgehead atoms. The monoisotopic (exact) mass is 515 g/mol. The first kappa shape index (κ1) is 29.0. The fourth-order valence-corrected chi connectivity index (χ4v) is 3.32. The van der Waals surface area contributed by atoms with Crippen LogP contribution in [0.4, 0.5) is 5.95 Å². The maximum absolute atomic E-state index is 9.10. The zero-order chi connectivity index (χ0) is 27.2. The smallest absolute Gasteiger partial charge is 0.414 e. The summed E-state index contributed by atoms with van der Waals surface area (Å²) in [6.07, 6.45) is 1.88. The predicted molar refractivity (Wildman–Crippen MR) is 137 cm³/mol. The summed E-state index contributed by atoms with van der Waals surface area (Å²) in [5.41, 5.74) is 3.17. The molecule has 0 radical (unpaired) electrons. The lowest BCUT2D eigenvalue weighted by Crippen LogP contribution is -2.12. The molecule has 3 rings (SSSR count). The minimum atomic E-state index is -1.82. The van der Waals surface area contributed by atoms with Crippen molar-refractivity contribution >= 4 is 17.9 Å². The number of aliphatic carboxylic acids is 2. The lowest BCUT2D eigenvalue weighted by molar-refractivity contribution is -0.159. The van der Waals surface area contributed by atoms with Crippen molar-refractivity contribution in [2.75, 3.05) is 39.4 Å². The molecule has 0 aliphatic heterocycles. The zero-order valence-corrected chi connectivity index (χ0v) is 21.4. The van der Waals surface area contributed by atoms with E-state index in [2.05, 4.69) is 14.9 Å². The summed E-state index contributed by atoms with van der Waals surface area (Å²) >= 11 is 0. The molecule has 0 aliphatic carbocycles. The first-order valence-electron chi connectivity index (χ1n) is 11.6. The van der Waals surface area contributed by atoms with Crippen LogP contribution in [-0.4, -0.2) is 65.7 Å². The number of imidazole rings is 1. The Morgan fingerprint density at radius 3 is 2.19 bits per heavy atom. The maximum atomic E-state index is 9.10. The normalized spacial score (nSPS) is 10.2. The predicted octanol–water partition coefficient (Wildman–Crippen LogP) is 3.77. The van der Waals surface area contributed by atoms with Gasteiger partial charge in [0.25, 0.3) is 0 Å². The van der Waals surface area contributed by atoms with Crippen molar-refractivity contribution in [1.29, 1.82) is 0 Å². The number of hydrogen-bond donors (Lipinski definition) is 3.